The second-order valence-corrected chi connectivity index (χ2v) is 11.7. The summed E-state index contributed by atoms with van der Waals surface area (Å²) in [7, 11) is 2.75. The highest BCUT2D eigenvalue weighted by molar-refractivity contribution is 6.30. The SMILES string of the molecule is CC=C1/C(=C/C2NC(/C=c3\[nH]c(=CC4=NC(=O)C(CC)=C4C)c(C)c3CCC(=O)OC)=C(CCC(=O)OC)C2C)NC(=O)C1C. The van der Waals surface area contributed by atoms with Crippen molar-refractivity contribution in [3.8, 4) is 0 Å². The Bertz CT molecular complexity index is 1700. The number of esters is 2. The number of nitrogens with one attached hydrogen (secondary N) is 3. The lowest BCUT2D eigenvalue weighted by molar-refractivity contribution is -0.141. The van der Waals surface area contributed by atoms with E-state index in [4.69, 9.17) is 9.47 Å². The molecule has 2 amide bonds. The number of aromatic amines is 1. The molecule has 4 rings (SSSR count). The standard InChI is InChI=1S/C35H44N4O6/c1-9-22-21(6)34(42)39-29(22)16-27-20(5)25(12-14-33(41)45-8)31(37-27)17-30-24(11-13-32(40)44-7)19(4)26(36-30)15-28-18(3)23(10-2)35(43)38-28/h9,15-17,20-21,27,36-37H,10-14H2,1-8H3,(H,39,42)/b22-9?,26-15?,29-16-,30-17-. The molecule has 1 fully saturated rings. The van der Waals surface area contributed by atoms with Crippen LogP contribution in [0.25, 0.3) is 12.2 Å². The number of nitrogens with zero attached hydrogens (tertiary/aromatic N) is 1. The number of allylic oxidation sites excluding steroid dienone is 4. The third-order valence-electron chi connectivity index (χ3n) is 9.17. The van der Waals surface area contributed by atoms with Gasteiger partial charge >= 0.3 is 11.9 Å². The average Bonchev–Trinajstić information content (AvgIpc) is 3.66. The molecule has 0 bridgehead atoms. The van der Waals surface area contributed by atoms with Gasteiger partial charge in [0.05, 0.1) is 31.9 Å². The monoisotopic (exact) mass is 616 g/mol. The van der Waals surface area contributed by atoms with Crippen LogP contribution in [0.1, 0.15) is 71.4 Å². The summed E-state index contributed by atoms with van der Waals surface area (Å²) in [4.78, 5) is 57.0. The fourth-order valence-electron chi connectivity index (χ4n) is 6.30. The Balaban J connectivity index is 1.83. The maximum Gasteiger partial charge on any atom is 0.305 e. The summed E-state index contributed by atoms with van der Waals surface area (Å²) in [5.74, 6) is -1.06. The molecule has 240 valence electrons. The predicted molar refractivity (Wildman–Crippen MR) is 173 cm³/mol. The van der Waals surface area contributed by atoms with Gasteiger partial charge < -0.3 is 25.1 Å². The lowest BCUT2D eigenvalue weighted by Crippen LogP contribution is -2.27. The minimum absolute atomic E-state index is 0.0130. The minimum atomic E-state index is -0.311. The zero-order valence-electron chi connectivity index (χ0n) is 27.5. The molecule has 3 atom stereocenters. The molecule has 10 heteroatoms. The fraction of sp³-hybridized carbons (Fsp3) is 0.457. The summed E-state index contributed by atoms with van der Waals surface area (Å²) in [5, 5.41) is 8.25. The van der Waals surface area contributed by atoms with Crippen molar-refractivity contribution in [3.63, 3.8) is 0 Å². The molecule has 1 aromatic heterocycles. The normalized spacial score (nSPS) is 24.3. The number of methoxy groups -OCH3 is 2. The van der Waals surface area contributed by atoms with Gasteiger partial charge in [-0.2, -0.15) is 0 Å². The van der Waals surface area contributed by atoms with Gasteiger partial charge in [0.1, 0.15) is 0 Å². The number of hydrogen-bond donors (Lipinski definition) is 3. The maximum absolute atomic E-state index is 12.4. The molecule has 0 saturated carbocycles. The molecular weight excluding hydrogens is 572 g/mol. The number of aliphatic imine (C=N–C) groups is 1. The topological polar surface area (TPSA) is 139 Å². The summed E-state index contributed by atoms with van der Waals surface area (Å²) < 4.78 is 9.85. The number of ether oxygens (including phenoxy) is 2. The molecule has 3 aliphatic rings. The van der Waals surface area contributed by atoms with Crippen LogP contribution < -0.4 is 21.3 Å². The van der Waals surface area contributed by atoms with E-state index in [0.29, 0.717) is 30.5 Å². The van der Waals surface area contributed by atoms with Crippen molar-refractivity contribution in [3.05, 3.63) is 67.7 Å². The quantitative estimate of drug-likeness (QED) is 0.344. The van der Waals surface area contributed by atoms with Gasteiger partial charge in [-0.05, 0) is 93.0 Å². The highest BCUT2D eigenvalue weighted by atomic mass is 16.5. The average molecular weight is 617 g/mol. The number of amides is 2. The molecule has 1 aromatic rings. The van der Waals surface area contributed by atoms with Crippen LogP contribution in [-0.2, 0) is 35.1 Å². The number of rotatable bonds is 10. The zero-order chi connectivity index (χ0) is 33.0. The number of aromatic nitrogens is 1. The van der Waals surface area contributed by atoms with Crippen molar-refractivity contribution in [2.75, 3.05) is 14.2 Å². The van der Waals surface area contributed by atoms with Crippen LogP contribution in [0.2, 0.25) is 0 Å². The Morgan fingerprint density at radius 3 is 2.24 bits per heavy atom. The van der Waals surface area contributed by atoms with E-state index in [0.717, 1.165) is 49.9 Å². The lowest BCUT2D eigenvalue weighted by Gasteiger charge is -2.16. The second-order valence-electron chi connectivity index (χ2n) is 11.7. The minimum Gasteiger partial charge on any atom is -0.469 e. The predicted octanol–water partition coefficient (Wildman–Crippen LogP) is 3.11. The first-order valence-corrected chi connectivity index (χ1v) is 15.5. The Morgan fingerprint density at radius 2 is 1.64 bits per heavy atom. The molecule has 10 nitrogen and oxygen atoms in total. The van der Waals surface area contributed by atoms with Crippen LogP contribution >= 0.6 is 0 Å². The van der Waals surface area contributed by atoms with Gasteiger partial charge in [0.2, 0.25) is 5.91 Å². The first-order chi connectivity index (χ1) is 21.4. The van der Waals surface area contributed by atoms with Crippen LogP contribution in [0.4, 0.5) is 0 Å². The van der Waals surface area contributed by atoms with Crippen LogP contribution in [-0.4, -0.2) is 54.7 Å². The van der Waals surface area contributed by atoms with Crippen molar-refractivity contribution in [2.45, 2.75) is 79.7 Å². The van der Waals surface area contributed by atoms with Crippen LogP contribution in [0.15, 0.2) is 50.8 Å². The van der Waals surface area contributed by atoms with Gasteiger partial charge in [0.15, 0.2) is 0 Å². The van der Waals surface area contributed by atoms with Crippen molar-refractivity contribution in [1.82, 2.24) is 15.6 Å². The van der Waals surface area contributed by atoms with Crippen LogP contribution in [0.3, 0.4) is 0 Å². The molecule has 3 unspecified atom stereocenters. The summed E-state index contributed by atoms with van der Waals surface area (Å²) >= 11 is 0. The summed E-state index contributed by atoms with van der Waals surface area (Å²) in [6, 6.07) is -0.140. The molecule has 4 heterocycles. The Kier molecular flexibility index (Phi) is 10.5. The Hall–Kier alpha value is -4.47. The van der Waals surface area contributed by atoms with Crippen LogP contribution in [0.5, 0.6) is 0 Å². The molecule has 0 aromatic carbocycles. The fourth-order valence-corrected chi connectivity index (χ4v) is 6.30. The number of carbonyl (C=O) groups excluding carboxylic acids is 4. The van der Waals surface area contributed by atoms with E-state index in [1.54, 1.807) is 0 Å². The number of carbonyl (C=O) groups is 4. The Labute approximate surface area is 264 Å². The van der Waals surface area contributed by atoms with E-state index in [-0.39, 0.29) is 54.5 Å². The third kappa shape index (κ3) is 6.95. The van der Waals surface area contributed by atoms with Gasteiger partial charge in [0, 0.05) is 46.4 Å². The molecule has 45 heavy (non-hydrogen) atoms. The van der Waals surface area contributed by atoms with Crippen molar-refractivity contribution in [2.24, 2.45) is 16.8 Å². The first-order valence-electron chi connectivity index (χ1n) is 15.5. The van der Waals surface area contributed by atoms with Gasteiger partial charge in [-0.3, -0.25) is 19.2 Å². The number of hydrogen-bond acceptors (Lipinski definition) is 7. The Morgan fingerprint density at radius 1 is 0.978 bits per heavy atom. The van der Waals surface area contributed by atoms with Gasteiger partial charge in [-0.1, -0.05) is 19.9 Å². The van der Waals surface area contributed by atoms with E-state index in [1.807, 2.05) is 58.9 Å². The van der Waals surface area contributed by atoms with E-state index in [2.05, 4.69) is 27.5 Å². The lowest BCUT2D eigenvalue weighted by atomic mass is 9.91. The van der Waals surface area contributed by atoms with Gasteiger partial charge in [-0.25, -0.2) is 4.99 Å². The van der Waals surface area contributed by atoms with Crippen molar-refractivity contribution < 1.29 is 28.7 Å². The van der Waals surface area contributed by atoms with Gasteiger partial charge in [-0.15, -0.1) is 0 Å². The smallest absolute Gasteiger partial charge is 0.305 e. The first kappa shape index (κ1) is 33.4. The zero-order valence-corrected chi connectivity index (χ0v) is 27.5. The molecule has 0 spiro atoms. The maximum atomic E-state index is 12.4. The molecule has 0 radical (unpaired) electrons. The summed E-state index contributed by atoms with van der Waals surface area (Å²) in [6.45, 7) is 11.8. The molecule has 3 N–H and O–H groups in total. The molecule has 3 aliphatic heterocycles. The van der Waals surface area contributed by atoms with E-state index < -0.39 is 0 Å². The van der Waals surface area contributed by atoms with E-state index >= 15 is 0 Å². The van der Waals surface area contributed by atoms with E-state index in [1.165, 1.54) is 14.2 Å². The highest BCUT2D eigenvalue weighted by Gasteiger charge is 2.34. The molecule has 0 aliphatic carbocycles. The summed E-state index contributed by atoms with van der Waals surface area (Å²) in [6.07, 6.45) is 9.89. The summed E-state index contributed by atoms with van der Waals surface area (Å²) in [5.41, 5.74) is 7.74. The molecule has 1 saturated heterocycles. The second kappa shape index (κ2) is 14.1. The van der Waals surface area contributed by atoms with Crippen molar-refractivity contribution >= 4 is 41.6 Å². The van der Waals surface area contributed by atoms with Gasteiger partial charge in [0.25, 0.3) is 5.91 Å². The van der Waals surface area contributed by atoms with E-state index in [9.17, 15) is 19.2 Å². The number of H-pyrrole nitrogens is 1. The molecular formula is C35H44N4O6. The van der Waals surface area contributed by atoms with Crippen LogP contribution in [0, 0.1) is 18.8 Å². The highest BCUT2D eigenvalue weighted by Crippen LogP contribution is 2.34. The third-order valence-corrected chi connectivity index (χ3v) is 9.17. The van der Waals surface area contributed by atoms with Crippen molar-refractivity contribution in [1.29, 1.82) is 0 Å². The largest absolute Gasteiger partial charge is 0.469 e.